The molecule has 4 nitrogen and oxygen atoms in total. The molecule has 1 atom stereocenters. The molecular weight excluding hydrogens is 309 g/mol. The topological polar surface area (TPSA) is 58.2 Å². The monoisotopic (exact) mass is 322 g/mol. The van der Waals surface area contributed by atoms with Crippen LogP contribution in [0.25, 0.3) is 0 Å². The highest BCUT2D eigenvalue weighted by Crippen LogP contribution is 2.15. The Morgan fingerprint density at radius 1 is 1.00 bits per heavy atom. The molecule has 0 aliphatic carbocycles. The van der Waals surface area contributed by atoms with Gasteiger partial charge < -0.3 is 10.6 Å². The van der Waals surface area contributed by atoms with Crippen LogP contribution in [0.1, 0.15) is 17.3 Å². The molecule has 0 aromatic heterocycles. The first-order valence-corrected chi connectivity index (χ1v) is 6.70. The highest BCUT2D eigenvalue weighted by atomic mass is 19.1. The summed E-state index contributed by atoms with van der Waals surface area (Å²) < 4.78 is 39.7. The Morgan fingerprint density at radius 3 is 2.35 bits per heavy atom. The molecule has 120 valence electrons. The second-order valence-electron chi connectivity index (χ2n) is 4.79. The Bertz CT molecular complexity index is 750. The van der Waals surface area contributed by atoms with Gasteiger partial charge in [-0.15, -0.1) is 0 Å². The second kappa shape index (κ2) is 6.95. The Balaban J connectivity index is 2.03. The number of amides is 2. The van der Waals surface area contributed by atoms with Crippen molar-refractivity contribution in [1.29, 1.82) is 0 Å². The molecule has 0 spiro atoms. The smallest absolute Gasteiger partial charge is 0.254 e. The van der Waals surface area contributed by atoms with Crippen LogP contribution in [-0.4, -0.2) is 17.9 Å². The number of anilines is 1. The van der Waals surface area contributed by atoms with Gasteiger partial charge in [0.2, 0.25) is 5.91 Å². The molecule has 7 heteroatoms. The van der Waals surface area contributed by atoms with Crippen molar-refractivity contribution in [2.24, 2.45) is 0 Å². The molecule has 2 aromatic carbocycles. The molecule has 2 amide bonds. The number of rotatable bonds is 4. The average Bonchev–Trinajstić information content (AvgIpc) is 2.50. The molecule has 0 aliphatic heterocycles. The maximum atomic E-state index is 13.5. The van der Waals surface area contributed by atoms with E-state index in [2.05, 4.69) is 10.6 Å². The molecule has 23 heavy (non-hydrogen) atoms. The van der Waals surface area contributed by atoms with Gasteiger partial charge in [-0.1, -0.05) is 12.1 Å². The van der Waals surface area contributed by atoms with Gasteiger partial charge in [0.05, 0.1) is 11.3 Å². The molecule has 0 fully saturated rings. The van der Waals surface area contributed by atoms with E-state index < -0.39 is 35.3 Å². The molecule has 0 aliphatic rings. The average molecular weight is 322 g/mol. The number of nitrogens with one attached hydrogen (secondary N) is 2. The molecule has 0 saturated heterocycles. The second-order valence-corrected chi connectivity index (χ2v) is 4.79. The summed E-state index contributed by atoms with van der Waals surface area (Å²) in [5.41, 5.74) is -0.427. The van der Waals surface area contributed by atoms with Crippen LogP contribution in [0.2, 0.25) is 0 Å². The van der Waals surface area contributed by atoms with E-state index in [1.807, 2.05) is 0 Å². The van der Waals surface area contributed by atoms with Gasteiger partial charge in [0.15, 0.2) is 0 Å². The lowest BCUT2D eigenvalue weighted by Crippen LogP contribution is -2.42. The van der Waals surface area contributed by atoms with Crippen molar-refractivity contribution >= 4 is 17.5 Å². The van der Waals surface area contributed by atoms with Crippen LogP contribution in [-0.2, 0) is 4.79 Å². The van der Waals surface area contributed by atoms with Crippen LogP contribution < -0.4 is 10.6 Å². The lowest BCUT2D eigenvalue weighted by atomic mass is 10.2. The minimum atomic E-state index is -1.05. The van der Waals surface area contributed by atoms with E-state index in [0.29, 0.717) is 6.07 Å². The fourth-order valence-electron chi connectivity index (χ4n) is 1.82. The zero-order valence-electron chi connectivity index (χ0n) is 12.1. The number of hydrogen-bond donors (Lipinski definition) is 2. The third-order valence-electron chi connectivity index (χ3n) is 3.05. The van der Waals surface area contributed by atoms with Crippen molar-refractivity contribution < 1.29 is 22.8 Å². The minimum Gasteiger partial charge on any atom is -0.340 e. The summed E-state index contributed by atoms with van der Waals surface area (Å²) in [5, 5.41) is 4.52. The van der Waals surface area contributed by atoms with Crippen LogP contribution in [0.4, 0.5) is 18.9 Å². The normalized spacial score (nSPS) is 11.7. The van der Waals surface area contributed by atoms with E-state index in [4.69, 9.17) is 0 Å². The first-order valence-electron chi connectivity index (χ1n) is 6.70. The number of carbonyl (C=O) groups is 2. The number of hydrogen-bond acceptors (Lipinski definition) is 2. The first kappa shape index (κ1) is 16.5. The molecule has 2 aromatic rings. The fraction of sp³-hybridized carbons (Fsp3) is 0.125. The lowest BCUT2D eigenvalue weighted by molar-refractivity contribution is -0.117. The maximum Gasteiger partial charge on any atom is 0.254 e. The van der Waals surface area contributed by atoms with Crippen LogP contribution in [0.3, 0.4) is 0 Å². The highest BCUT2D eigenvalue weighted by molar-refractivity contribution is 6.01. The Hall–Kier alpha value is -2.83. The predicted octanol–water partition coefficient (Wildman–Crippen LogP) is 2.86. The van der Waals surface area contributed by atoms with Crippen LogP contribution >= 0.6 is 0 Å². The standard InChI is InChI=1S/C16H13F3N2O2/c1-9(20-16(23)11-4-2-3-5-12(11)18)15(22)21-14-7-6-10(17)8-13(14)19/h2-9H,1H3,(H,20,23)(H,21,22)/t9-/m1/s1. The summed E-state index contributed by atoms with van der Waals surface area (Å²) in [7, 11) is 0. The van der Waals surface area contributed by atoms with Gasteiger partial charge in [-0.25, -0.2) is 13.2 Å². The van der Waals surface area contributed by atoms with Gasteiger partial charge in [0, 0.05) is 6.07 Å². The SMILES string of the molecule is C[C@@H](NC(=O)c1ccccc1F)C(=O)Nc1ccc(F)cc1F. The molecule has 2 N–H and O–H groups in total. The lowest BCUT2D eigenvalue weighted by Gasteiger charge is -2.14. The third-order valence-corrected chi connectivity index (χ3v) is 3.05. The largest absolute Gasteiger partial charge is 0.340 e. The van der Waals surface area contributed by atoms with Crippen LogP contribution in [0.5, 0.6) is 0 Å². The molecule has 0 radical (unpaired) electrons. The zero-order valence-corrected chi connectivity index (χ0v) is 12.1. The van der Waals surface area contributed by atoms with Gasteiger partial charge in [-0.05, 0) is 31.2 Å². The summed E-state index contributed by atoms with van der Waals surface area (Å²) in [5.74, 6) is -3.93. The summed E-state index contributed by atoms with van der Waals surface area (Å²) in [6.45, 7) is 1.36. The van der Waals surface area contributed by atoms with Crippen molar-refractivity contribution in [1.82, 2.24) is 5.32 Å². The van der Waals surface area contributed by atoms with Gasteiger partial charge in [0.1, 0.15) is 23.5 Å². The molecule has 0 bridgehead atoms. The van der Waals surface area contributed by atoms with Crippen molar-refractivity contribution in [3.8, 4) is 0 Å². The Morgan fingerprint density at radius 2 is 1.70 bits per heavy atom. The van der Waals surface area contributed by atoms with Crippen molar-refractivity contribution in [2.75, 3.05) is 5.32 Å². The maximum absolute atomic E-state index is 13.5. The van der Waals surface area contributed by atoms with E-state index in [1.165, 1.54) is 25.1 Å². The number of benzene rings is 2. The molecule has 2 rings (SSSR count). The molecule has 0 unspecified atom stereocenters. The van der Waals surface area contributed by atoms with Crippen LogP contribution in [0.15, 0.2) is 42.5 Å². The van der Waals surface area contributed by atoms with E-state index in [9.17, 15) is 22.8 Å². The van der Waals surface area contributed by atoms with Crippen LogP contribution in [0, 0.1) is 17.5 Å². The van der Waals surface area contributed by atoms with Crippen molar-refractivity contribution in [3.63, 3.8) is 0 Å². The fourth-order valence-corrected chi connectivity index (χ4v) is 1.82. The van der Waals surface area contributed by atoms with Gasteiger partial charge in [0.25, 0.3) is 5.91 Å². The Kier molecular flexibility index (Phi) is 5.00. The summed E-state index contributed by atoms with van der Waals surface area (Å²) in [6.07, 6.45) is 0. The quantitative estimate of drug-likeness (QED) is 0.909. The van der Waals surface area contributed by atoms with Crippen molar-refractivity contribution in [2.45, 2.75) is 13.0 Å². The highest BCUT2D eigenvalue weighted by Gasteiger charge is 2.19. The van der Waals surface area contributed by atoms with Gasteiger partial charge >= 0.3 is 0 Å². The zero-order chi connectivity index (χ0) is 17.0. The van der Waals surface area contributed by atoms with E-state index in [-0.39, 0.29) is 11.3 Å². The van der Waals surface area contributed by atoms with Crippen molar-refractivity contribution in [3.05, 3.63) is 65.5 Å². The minimum absolute atomic E-state index is 0.208. The first-order chi connectivity index (χ1) is 10.9. The van der Waals surface area contributed by atoms with E-state index in [1.54, 1.807) is 0 Å². The third kappa shape index (κ3) is 4.09. The summed E-state index contributed by atoms with van der Waals surface area (Å²) >= 11 is 0. The predicted molar refractivity (Wildman–Crippen MR) is 78.3 cm³/mol. The van der Waals surface area contributed by atoms with E-state index in [0.717, 1.165) is 18.2 Å². The summed E-state index contributed by atoms with van der Waals surface area (Å²) in [4.78, 5) is 23.8. The summed E-state index contributed by atoms with van der Waals surface area (Å²) in [6, 6.07) is 6.93. The van der Waals surface area contributed by atoms with Gasteiger partial charge in [-0.3, -0.25) is 9.59 Å². The molecular formula is C16H13F3N2O2. The van der Waals surface area contributed by atoms with E-state index >= 15 is 0 Å². The molecule has 0 saturated carbocycles. The number of halogens is 3. The Labute approximate surface area is 130 Å². The van der Waals surface area contributed by atoms with Gasteiger partial charge in [-0.2, -0.15) is 0 Å². The molecule has 0 heterocycles. The number of carbonyl (C=O) groups excluding carboxylic acids is 2.